The van der Waals surface area contributed by atoms with E-state index in [1.807, 2.05) is 19.1 Å². The van der Waals surface area contributed by atoms with E-state index in [2.05, 4.69) is 0 Å². The molecule has 4 atom stereocenters. The number of fused-ring (bicyclic) bond motifs is 5. The van der Waals surface area contributed by atoms with Crippen molar-refractivity contribution in [1.29, 1.82) is 0 Å². The molecule has 0 radical (unpaired) electrons. The number of amides is 2. The first-order valence-corrected chi connectivity index (χ1v) is 8.90. The number of ether oxygens (including phenoxy) is 3. The Morgan fingerprint density at radius 3 is 2.25 bits per heavy atom. The summed E-state index contributed by atoms with van der Waals surface area (Å²) in [7, 11) is 0. The summed E-state index contributed by atoms with van der Waals surface area (Å²) in [5.41, 5.74) is -0.0748. The number of nitrogens with zero attached hydrogens (tertiary/aromatic N) is 1. The molecule has 2 fully saturated rings. The predicted molar refractivity (Wildman–Crippen MR) is 94.7 cm³/mol. The van der Waals surface area contributed by atoms with Crippen LogP contribution in [0.3, 0.4) is 0 Å². The second-order valence-corrected chi connectivity index (χ2v) is 7.20. The predicted octanol–water partition coefficient (Wildman–Crippen LogP) is 1.26. The van der Waals surface area contributed by atoms with Gasteiger partial charge in [-0.3, -0.25) is 19.2 Å². The summed E-state index contributed by atoms with van der Waals surface area (Å²) >= 11 is 0. The smallest absolute Gasteiger partial charge is 0.305 e. The molecule has 1 aromatic carbocycles. The van der Waals surface area contributed by atoms with Gasteiger partial charge in [0, 0.05) is 13.8 Å². The highest BCUT2D eigenvalue weighted by Crippen LogP contribution is 2.54. The summed E-state index contributed by atoms with van der Waals surface area (Å²) in [6, 6.07) is 7.02. The van der Waals surface area contributed by atoms with Gasteiger partial charge >= 0.3 is 11.9 Å². The Morgan fingerprint density at radius 2 is 1.68 bits per heavy atom. The monoisotopic (exact) mass is 385 g/mol. The SMILES string of the molecule is CC(=O)OC(OC(C)=O)[C@@]12C=C[C@H](O1)[C@H]1C(=O)N(c3ccc(C)cc3)C(=O)[C@H]12. The molecule has 8 nitrogen and oxygen atoms in total. The fourth-order valence-corrected chi connectivity index (χ4v) is 4.17. The lowest BCUT2D eigenvalue weighted by molar-refractivity contribution is -0.226. The minimum absolute atomic E-state index is 0.389. The molecule has 0 aromatic heterocycles. The third-order valence-electron chi connectivity index (χ3n) is 5.28. The van der Waals surface area contributed by atoms with Crippen LogP contribution in [0.15, 0.2) is 36.4 Å². The van der Waals surface area contributed by atoms with Gasteiger partial charge < -0.3 is 14.2 Å². The zero-order valence-electron chi connectivity index (χ0n) is 15.6. The van der Waals surface area contributed by atoms with Gasteiger partial charge in [-0.15, -0.1) is 0 Å². The minimum atomic E-state index is -1.53. The zero-order valence-corrected chi connectivity index (χ0v) is 15.6. The highest BCUT2D eigenvalue weighted by atomic mass is 16.7. The standard InChI is InChI=1S/C20H19NO7/c1-10-4-6-13(7-5-10)21-17(24)15-14-8-9-20(28-14,16(15)18(21)25)19(26-11(2)22)27-12(3)23/h4-9,14-16,19H,1-3H3/t14-,15+,16-,20-/m0/s1. The number of hydrogen-bond donors (Lipinski definition) is 0. The lowest BCUT2D eigenvalue weighted by Gasteiger charge is -2.34. The highest BCUT2D eigenvalue weighted by molar-refractivity contribution is 6.23. The summed E-state index contributed by atoms with van der Waals surface area (Å²) in [6.45, 7) is 4.23. The van der Waals surface area contributed by atoms with Crippen LogP contribution in [-0.2, 0) is 33.4 Å². The zero-order chi connectivity index (χ0) is 20.2. The summed E-state index contributed by atoms with van der Waals surface area (Å²) in [6.07, 6.45) is 1.07. The van der Waals surface area contributed by atoms with E-state index in [0.29, 0.717) is 5.69 Å². The molecule has 0 N–H and O–H groups in total. The second kappa shape index (κ2) is 6.27. The number of rotatable bonds is 4. The van der Waals surface area contributed by atoms with E-state index < -0.39 is 47.7 Å². The van der Waals surface area contributed by atoms with E-state index in [-0.39, 0.29) is 5.91 Å². The highest BCUT2D eigenvalue weighted by Gasteiger charge is 2.72. The van der Waals surface area contributed by atoms with Crippen LogP contribution in [0, 0.1) is 18.8 Å². The minimum Gasteiger partial charge on any atom is -0.422 e. The Hall–Kier alpha value is -3.00. The maximum absolute atomic E-state index is 13.3. The molecule has 2 amide bonds. The molecule has 0 spiro atoms. The number of carbonyl (C=O) groups is 4. The number of hydrogen-bond acceptors (Lipinski definition) is 7. The van der Waals surface area contributed by atoms with Crippen LogP contribution in [0.4, 0.5) is 5.69 Å². The Labute approximate surface area is 161 Å². The van der Waals surface area contributed by atoms with Crippen LogP contribution < -0.4 is 4.90 Å². The first kappa shape index (κ1) is 18.4. The normalized spacial score (nSPS) is 30.1. The van der Waals surface area contributed by atoms with Crippen molar-refractivity contribution in [2.24, 2.45) is 11.8 Å². The Balaban J connectivity index is 1.74. The number of carbonyl (C=O) groups excluding carboxylic acids is 4. The number of benzene rings is 1. The molecule has 4 rings (SSSR count). The average Bonchev–Trinajstić information content (AvgIpc) is 3.26. The summed E-state index contributed by atoms with van der Waals surface area (Å²) in [5, 5.41) is 0. The van der Waals surface area contributed by atoms with Crippen LogP contribution in [0.2, 0.25) is 0 Å². The lowest BCUT2D eigenvalue weighted by atomic mass is 9.76. The van der Waals surface area contributed by atoms with Crippen molar-refractivity contribution >= 4 is 29.4 Å². The Kier molecular flexibility index (Phi) is 4.11. The van der Waals surface area contributed by atoms with Crippen molar-refractivity contribution in [1.82, 2.24) is 0 Å². The largest absolute Gasteiger partial charge is 0.422 e. The van der Waals surface area contributed by atoms with Crippen LogP contribution in [-0.4, -0.2) is 41.7 Å². The van der Waals surface area contributed by atoms with Gasteiger partial charge in [-0.2, -0.15) is 0 Å². The molecular weight excluding hydrogens is 366 g/mol. The molecule has 2 saturated heterocycles. The van der Waals surface area contributed by atoms with Crippen molar-refractivity contribution in [3.63, 3.8) is 0 Å². The average molecular weight is 385 g/mol. The van der Waals surface area contributed by atoms with Gasteiger partial charge in [0.25, 0.3) is 6.29 Å². The first-order chi connectivity index (χ1) is 13.2. The maximum atomic E-state index is 13.3. The molecule has 0 unspecified atom stereocenters. The quantitative estimate of drug-likeness (QED) is 0.333. The molecule has 28 heavy (non-hydrogen) atoms. The topological polar surface area (TPSA) is 99.2 Å². The molecule has 8 heteroatoms. The lowest BCUT2D eigenvalue weighted by Crippen LogP contribution is -2.52. The molecule has 0 saturated carbocycles. The maximum Gasteiger partial charge on any atom is 0.305 e. The second-order valence-electron chi connectivity index (χ2n) is 7.20. The van der Waals surface area contributed by atoms with Crippen LogP contribution in [0.5, 0.6) is 0 Å². The fourth-order valence-electron chi connectivity index (χ4n) is 4.17. The molecule has 3 heterocycles. The number of imide groups is 1. The van der Waals surface area contributed by atoms with Crippen molar-refractivity contribution in [3.8, 4) is 0 Å². The van der Waals surface area contributed by atoms with Crippen molar-refractivity contribution < 1.29 is 33.4 Å². The van der Waals surface area contributed by atoms with Gasteiger partial charge in [-0.25, -0.2) is 4.90 Å². The van der Waals surface area contributed by atoms with Gasteiger partial charge in [0.15, 0.2) is 5.60 Å². The van der Waals surface area contributed by atoms with Gasteiger partial charge in [0.05, 0.1) is 23.6 Å². The van der Waals surface area contributed by atoms with E-state index in [1.54, 1.807) is 24.3 Å². The molecule has 2 bridgehead atoms. The fraction of sp³-hybridized carbons (Fsp3) is 0.400. The van der Waals surface area contributed by atoms with Crippen LogP contribution in [0.25, 0.3) is 0 Å². The van der Waals surface area contributed by atoms with Gasteiger partial charge in [-0.05, 0) is 25.1 Å². The molecule has 0 aliphatic carbocycles. The third-order valence-corrected chi connectivity index (χ3v) is 5.28. The number of aryl methyl sites for hydroxylation is 1. The van der Waals surface area contributed by atoms with Crippen molar-refractivity contribution in [2.75, 3.05) is 4.90 Å². The van der Waals surface area contributed by atoms with Crippen LogP contribution in [0.1, 0.15) is 19.4 Å². The van der Waals surface area contributed by atoms with Crippen molar-refractivity contribution in [2.45, 2.75) is 38.8 Å². The van der Waals surface area contributed by atoms with Crippen LogP contribution >= 0.6 is 0 Å². The molecule has 1 aromatic rings. The summed E-state index contributed by atoms with van der Waals surface area (Å²) in [4.78, 5) is 50.6. The number of esters is 2. The van der Waals surface area contributed by atoms with Gasteiger partial charge in [0.2, 0.25) is 11.8 Å². The van der Waals surface area contributed by atoms with E-state index in [0.717, 1.165) is 24.3 Å². The summed E-state index contributed by atoms with van der Waals surface area (Å²) < 4.78 is 16.2. The van der Waals surface area contributed by atoms with Gasteiger partial charge in [-0.1, -0.05) is 23.8 Å². The summed E-state index contributed by atoms with van der Waals surface area (Å²) in [5.74, 6) is -3.99. The van der Waals surface area contributed by atoms with E-state index in [9.17, 15) is 19.2 Å². The molecule has 3 aliphatic rings. The third kappa shape index (κ3) is 2.56. The first-order valence-electron chi connectivity index (χ1n) is 8.90. The van der Waals surface area contributed by atoms with E-state index in [4.69, 9.17) is 14.2 Å². The van der Waals surface area contributed by atoms with E-state index in [1.165, 1.54) is 0 Å². The Morgan fingerprint density at radius 1 is 1.07 bits per heavy atom. The molecular formula is C20H19NO7. The van der Waals surface area contributed by atoms with Crippen molar-refractivity contribution in [3.05, 3.63) is 42.0 Å². The molecule has 146 valence electrons. The Bertz CT molecular complexity index is 890. The number of anilines is 1. The molecule has 3 aliphatic heterocycles. The van der Waals surface area contributed by atoms with E-state index >= 15 is 0 Å². The van der Waals surface area contributed by atoms with Gasteiger partial charge in [0.1, 0.15) is 0 Å².